The number of hydrogen-bond donors (Lipinski definition) is 1. The standard InChI is InChI=1S/C18H11F4N5O2S/c1-7-24-25-18-27(7)26-17(30-18)8-3-5-9(6-4-8)23-16(28)10-11(19)13(21)15(29-2)14(22)12(10)20/h3-6H,1-2H3,(H,23,28). The highest BCUT2D eigenvalue weighted by atomic mass is 32.1. The van der Waals surface area contributed by atoms with E-state index in [-0.39, 0.29) is 5.69 Å². The van der Waals surface area contributed by atoms with Gasteiger partial charge in [-0.05, 0) is 31.2 Å². The number of benzene rings is 2. The maximum absolute atomic E-state index is 14.1. The Morgan fingerprint density at radius 2 is 1.67 bits per heavy atom. The number of rotatable bonds is 4. The minimum absolute atomic E-state index is 0.151. The van der Waals surface area contributed by atoms with Crippen molar-refractivity contribution in [1.29, 1.82) is 0 Å². The Kier molecular flexibility index (Phi) is 4.86. The molecule has 2 heterocycles. The van der Waals surface area contributed by atoms with Crippen molar-refractivity contribution in [2.75, 3.05) is 12.4 Å². The summed E-state index contributed by atoms with van der Waals surface area (Å²) in [6.45, 7) is 1.76. The summed E-state index contributed by atoms with van der Waals surface area (Å²) in [6, 6.07) is 6.13. The quantitative estimate of drug-likeness (QED) is 0.386. The summed E-state index contributed by atoms with van der Waals surface area (Å²) in [7, 11) is 0.847. The predicted molar refractivity (Wildman–Crippen MR) is 99.6 cm³/mol. The van der Waals surface area contributed by atoms with Crippen LogP contribution in [-0.4, -0.2) is 32.8 Å². The second kappa shape index (κ2) is 7.37. The van der Waals surface area contributed by atoms with Gasteiger partial charge < -0.3 is 10.1 Å². The molecule has 0 aliphatic carbocycles. The lowest BCUT2D eigenvalue weighted by molar-refractivity contribution is 0.101. The molecule has 0 unspecified atom stereocenters. The molecule has 0 spiro atoms. The van der Waals surface area contributed by atoms with Crippen LogP contribution in [0.5, 0.6) is 5.75 Å². The Morgan fingerprint density at radius 1 is 1.03 bits per heavy atom. The third kappa shape index (κ3) is 3.14. The smallest absolute Gasteiger partial charge is 0.261 e. The number of aryl methyl sites for hydroxylation is 1. The van der Waals surface area contributed by atoms with Crippen molar-refractivity contribution in [3.8, 4) is 16.3 Å². The van der Waals surface area contributed by atoms with Crippen molar-refractivity contribution >= 4 is 27.9 Å². The molecule has 4 aromatic rings. The van der Waals surface area contributed by atoms with Crippen LogP contribution in [0.1, 0.15) is 16.2 Å². The van der Waals surface area contributed by atoms with Gasteiger partial charge in [0.25, 0.3) is 5.91 Å². The molecule has 4 rings (SSSR count). The van der Waals surface area contributed by atoms with Gasteiger partial charge in [0, 0.05) is 11.3 Å². The molecule has 0 atom stereocenters. The fourth-order valence-electron chi connectivity index (χ4n) is 2.71. The van der Waals surface area contributed by atoms with Gasteiger partial charge in [-0.1, -0.05) is 11.3 Å². The van der Waals surface area contributed by atoms with Crippen molar-refractivity contribution in [3.05, 3.63) is 58.9 Å². The van der Waals surface area contributed by atoms with Gasteiger partial charge in [-0.3, -0.25) is 4.79 Å². The molecule has 0 aliphatic rings. The van der Waals surface area contributed by atoms with Gasteiger partial charge in [-0.2, -0.15) is 18.4 Å². The molecule has 12 heteroatoms. The normalized spacial score (nSPS) is 11.1. The van der Waals surface area contributed by atoms with Gasteiger partial charge in [0.05, 0.1) is 7.11 Å². The highest BCUT2D eigenvalue weighted by molar-refractivity contribution is 7.19. The molecule has 0 bridgehead atoms. The predicted octanol–water partition coefficient (Wildman–Crippen LogP) is 3.98. The van der Waals surface area contributed by atoms with E-state index in [4.69, 9.17) is 0 Å². The van der Waals surface area contributed by atoms with E-state index in [1.54, 1.807) is 23.6 Å². The van der Waals surface area contributed by atoms with E-state index in [1.165, 1.54) is 23.5 Å². The first-order chi connectivity index (χ1) is 14.3. The lowest BCUT2D eigenvalue weighted by Crippen LogP contribution is -2.18. The van der Waals surface area contributed by atoms with Crippen molar-refractivity contribution in [2.45, 2.75) is 6.92 Å². The molecule has 0 aliphatic heterocycles. The van der Waals surface area contributed by atoms with Gasteiger partial charge in [-0.15, -0.1) is 10.2 Å². The fourth-order valence-corrected chi connectivity index (χ4v) is 3.60. The highest BCUT2D eigenvalue weighted by Crippen LogP contribution is 2.31. The zero-order valence-electron chi connectivity index (χ0n) is 15.3. The summed E-state index contributed by atoms with van der Waals surface area (Å²) in [5.41, 5.74) is -0.542. The van der Waals surface area contributed by atoms with Crippen LogP contribution in [-0.2, 0) is 0 Å². The van der Waals surface area contributed by atoms with Crippen molar-refractivity contribution in [2.24, 2.45) is 0 Å². The molecular formula is C18H11F4N5O2S. The number of carbonyl (C=O) groups is 1. The molecule has 154 valence electrons. The van der Waals surface area contributed by atoms with Gasteiger partial charge in [0.15, 0.2) is 23.2 Å². The topological polar surface area (TPSA) is 81.4 Å². The average Bonchev–Trinajstić information content (AvgIpc) is 3.30. The second-order valence-electron chi connectivity index (χ2n) is 6.04. The molecule has 2 aromatic heterocycles. The SMILES string of the molecule is COc1c(F)c(F)c(C(=O)Nc2ccc(-c3nn4c(C)nnc4s3)cc2)c(F)c1F. The van der Waals surface area contributed by atoms with E-state index >= 15 is 0 Å². The van der Waals surface area contributed by atoms with Crippen molar-refractivity contribution in [3.63, 3.8) is 0 Å². The number of nitrogens with zero attached hydrogens (tertiary/aromatic N) is 4. The van der Waals surface area contributed by atoms with Crippen LogP contribution in [0.15, 0.2) is 24.3 Å². The maximum atomic E-state index is 14.1. The molecule has 7 nitrogen and oxygen atoms in total. The largest absolute Gasteiger partial charge is 0.491 e. The van der Waals surface area contributed by atoms with Gasteiger partial charge in [0.1, 0.15) is 10.6 Å². The van der Waals surface area contributed by atoms with Crippen LogP contribution in [0, 0.1) is 30.2 Å². The summed E-state index contributed by atoms with van der Waals surface area (Å²) < 4.78 is 61.7. The summed E-state index contributed by atoms with van der Waals surface area (Å²) in [6.07, 6.45) is 0. The van der Waals surface area contributed by atoms with E-state index in [9.17, 15) is 22.4 Å². The first-order valence-corrected chi connectivity index (χ1v) is 9.14. The number of fused-ring (bicyclic) bond motifs is 1. The molecule has 0 saturated carbocycles. The summed E-state index contributed by atoms with van der Waals surface area (Å²) >= 11 is 1.29. The first kappa shape index (κ1) is 19.8. The van der Waals surface area contributed by atoms with E-state index in [0.717, 1.165) is 7.11 Å². The number of hydrogen-bond acceptors (Lipinski definition) is 6. The monoisotopic (exact) mass is 437 g/mol. The van der Waals surface area contributed by atoms with Crippen molar-refractivity contribution in [1.82, 2.24) is 19.8 Å². The number of halogens is 4. The van der Waals surface area contributed by atoms with E-state index in [0.29, 0.717) is 21.4 Å². The van der Waals surface area contributed by atoms with Gasteiger partial charge >= 0.3 is 0 Å². The fraction of sp³-hybridized carbons (Fsp3) is 0.111. The van der Waals surface area contributed by atoms with Crippen LogP contribution in [0.25, 0.3) is 15.5 Å². The number of ether oxygens (including phenoxy) is 1. The van der Waals surface area contributed by atoms with Crippen LogP contribution in [0.4, 0.5) is 23.2 Å². The number of nitrogens with one attached hydrogen (secondary N) is 1. The Labute approximate surface area is 169 Å². The van der Waals surface area contributed by atoms with Crippen molar-refractivity contribution < 1.29 is 27.1 Å². The molecular weight excluding hydrogens is 426 g/mol. The molecule has 30 heavy (non-hydrogen) atoms. The average molecular weight is 437 g/mol. The molecule has 1 amide bonds. The third-order valence-electron chi connectivity index (χ3n) is 4.19. The Hall–Kier alpha value is -3.54. The van der Waals surface area contributed by atoms with Crippen LogP contribution in [0.3, 0.4) is 0 Å². The van der Waals surface area contributed by atoms with Gasteiger partial charge in [-0.25, -0.2) is 8.78 Å². The summed E-state index contributed by atoms with van der Waals surface area (Å²) in [5.74, 6) is -9.27. The van der Waals surface area contributed by atoms with E-state index in [1.807, 2.05) is 0 Å². The minimum atomic E-state index is -1.85. The zero-order valence-corrected chi connectivity index (χ0v) is 16.2. The summed E-state index contributed by atoms with van der Waals surface area (Å²) in [5, 5.41) is 15.1. The molecule has 1 N–H and O–H groups in total. The number of amides is 1. The number of carbonyl (C=O) groups excluding carboxylic acids is 1. The van der Waals surface area contributed by atoms with E-state index < -0.39 is 40.5 Å². The summed E-state index contributed by atoms with van der Waals surface area (Å²) in [4.78, 5) is 12.8. The number of methoxy groups -OCH3 is 1. The number of anilines is 1. The molecule has 0 fully saturated rings. The lowest BCUT2D eigenvalue weighted by Gasteiger charge is -2.11. The zero-order chi connectivity index (χ0) is 21.6. The Bertz CT molecular complexity index is 1260. The minimum Gasteiger partial charge on any atom is -0.491 e. The Balaban J connectivity index is 1.60. The number of aromatic nitrogens is 4. The highest BCUT2D eigenvalue weighted by Gasteiger charge is 2.30. The van der Waals surface area contributed by atoms with Crippen LogP contribution >= 0.6 is 11.3 Å². The van der Waals surface area contributed by atoms with Crippen LogP contribution < -0.4 is 10.1 Å². The lowest BCUT2D eigenvalue weighted by atomic mass is 10.1. The van der Waals surface area contributed by atoms with Gasteiger partial charge in [0.2, 0.25) is 16.6 Å². The Morgan fingerprint density at radius 3 is 2.23 bits per heavy atom. The van der Waals surface area contributed by atoms with E-state index in [2.05, 4.69) is 25.3 Å². The first-order valence-electron chi connectivity index (χ1n) is 8.32. The third-order valence-corrected chi connectivity index (χ3v) is 5.14. The second-order valence-corrected chi connectivity index (χ2v) is 7.00. The van der Waals surface area contributed by atoms with Crippen LogP contribution in [0.2, 0.25) is 0 Å². The maximum Gasteiger partial charge on any atom is 0.261 e. The molecule has 2 aromatic carbocycles. The molecule has 0 saturated heterocycles. The molecule has 0 radical (unpaired) electrons.